The molecule has 2 aromatic rings. The first-order valence-corrected chi connectivity index (χ1v) is 7.15. The predicted molar refractivity (Wildman–Crippen MR) is 83.8 cm³/mol. The molecule has 0 spiro atoms. The minimum absolute atomic E-state index is 0.0964. The van der Waals surface area contributed by atoms with Crippen molar-refractivity contribution in [2.75, 3.05) is 13.2 Å². The molecule has 23 heavy (non-hydrogen) atoms. The quantitative estimate of drug-likeness (QED) is 0.254. The van der Waals surface area contributed by atoms with Crippen molar-refractivity contribution in [3.05, 3.63) is 54.4 Å². The van der Waals surface area contributed by atoms with Crippen LogP contribution in [0.4, 0.5) is 5.69 Å². The Balaban J connectivity index is 1.91. The lowest BCUT2D eigenvalue weighted by atomic mass is 10.4. The molecule has 0 bridgehead atoms. The molecule has 0 fully saturated rings. The highest BCUT2D eigenvalue weighted by Gasteiger charge is 1.97. The van der Waals surface area contributed by atoms with Gasteiger partial charge in [0, 0.05) is 31.1 Å². The van der Waals surface area contributed by atoms with Crippen LogP contribution in [0.3, 0.4) is 0 Å². The van der Waals surface area contributed by atoms with Crippen LogP contribution in [0.25, 0.3) is 0 Å². The van der Waals surface area contributed by atoms with E-state index in [1.54, 1.807) is 24.3 Å². The number of aromatic nitrogens is 2. The summed E-state index contributed by atoms with van der Waals surface area (Å²) in [7, 11) is 0. The number of aliphatic hydroxyl groups excluding tert-OH is 2. The fourth-order valence-electron chi connectivity index (χ4n) is 1.77. The van der Waals surface area contributed by atoms with Crippen LogP contribution in [-0.2, 0) is 13.1 Å². The third-order valence-electron chi connectivity index (χ3n) is 2.91. The smallest absolute Gasteiger partial charge is 0.171 e. The van der Waals surface area contributed by atoms with Crippen LogP contribution in [0, 0.1) is 0 Å². The topological polar surface area (TPSA) is 98.7 Å². The number of rotatable bonds is 7. The van der Waals surface area contributed by atoms with Crippen LogP contribution in [0.2, 0.25) is 0 Å². The molecule has 8 nitrogen and oxygen atoms in total. The standard InChI is InChI=1S/C15H19N6O2/c22-11-9-20-5-1-14(2-6-20)18-16-13-17-19-15-3-7-21(8-4-15)10-12-23/h1-8,13,22-23H,9-12H2/q+1. The molecule has 0 aliphatic carbocycles. The zero-order valence-electron chi connectivity index (χ0n) is 12.6. The van der Waals surface area contributed by atoms with E-state index in [1.165, 1.54) is 6.34 Å². The van der Waals surface area contributed by atoms with Gasteiger partial charge >= 0.3 is 0 Å². The van der Waals surface area contributed by atoms with Gasteiger partial charge in [-0.2, -0.15) is 0 Å². The molecule has 2 N–H and O–H groups in total. The van der Waals surface area contributed by atoms with Gasteiger partial charge in [-0.15, -0.1) is 20.4 Å². The molecule has 0 amide bonds. The first-order chi connectivity index (χ1) is 11.3. The van der Waals surface area contributed by atoms with E-state index in [2.05, 4.69) is 20.4 Å². The molecule has 2 aromatic heterocycles. The molecular weight excluding hydrogens is 296 g/mol. The van der Waals surface area contributed by atoms with E-state index >= 15 is 0 Å². The largest absolute Gasteiger partial charge is 0.395 e. The third-order valence-corrected chi connectivity index (χ3v) is 2.91. The number of hydrogen-bond donors (Lipinski definition) is 2. The number of aliphatic hydroxyl groups is 2. The zero-order valence-corrected chi connectivity index (χ0v) is 12.6. The summed E-state index contributed by atoms with van der Waals surface area (Å²) in [6, 6.07) is 7.17. The van der Waals surface area contributed by atoms with Crippen LogP contribution in [0.1, 0.15) is 0 Å². The summed E-state index contributed by atoms with van der Waals surface area (Å²) >= 11 is 0. The SMILES string of the molecule is OCCn1ccc(=NN=CN=Nc2cc[n+](CCO)cc2)cc1. The maximum absolute atomic E-state index is 8.82. The van der Waals surface area contributed by atoms with E-state index in [1.807, 2.05) is 33.9 Å². The minimum atomic E-state index is 0.0964. The van der Waals surface area contributed by atoms with Crippen molar-refractivity contribution in [2.24, 2.45) is 20.4 Å². The molecule has 2 rings (SSSR count). The van der Waals surface area contributed by atoms with Crippen molar-refractivity contribution >= 4 is 12.0 Å². The summed E-state index contributed by atoms with van der Waals surface area (Å²) in [6.07, 6.45) is 8.54. The monoisotopic (exact) mass is 315 g/mol. The normalized spacial score (nSPS) is 11.4. The van der Waals surface area contributed by atoms with Crippen molar-refractivity contribution in [1.82, 2.24) is 4.57 Å². The first-order valence-electron chi connectivity index (χ1n) is 7.15. The number of pyridine rings is 2. The summed E-state index contributed by atoms with van der Waals surface area (Å²) in [6.45, 7) is 1.29. The van der Waals surface area contributed by atoms with Crippen molar-refractivity contribution in [3.63, 3.8) is 0 Å². The second-order valence-corrected chi connectivity index (χ2v) is 4.58. The second-order valence-electron chi connectivity index (χ2n) is 4.58. The van der Waals surface area contributed by atoms with Gasteiger partial charge in [-0.3, -0.25) is 0 Å². The van der Waals surface area contributed by atoms with Crippen LogP contribution in [-0.4, -0.2) is 34.3 Å². The molecule has 0 saturated carbocycles. The molecule has 0 saturated heterocycles. The maximum Gasteiger partial charge on any atom is 0.171 e. The van der Waals surface area contributed by atoms with Gasteiger partial charge in [0.2, 0.25) is 0 Å². The Bertz CT molecular complexity index is 701. The first kappa shape index (κ1) is 16.7. The van der Waals surface area contributed by atoms with E-state index in [0.717, 1.165) is 0 Å². The molecule has 0 unspecified atom stereocenters. The lowest BCUT2D eigenvalue weighted by molar-refractivity contribution is -0.698. The predicted octanol–water partition coefficient (Wildman–Crippen LogP) is 0.388. The summed E-state index contributed by atoms with van der Waals surface area (Å²) < 4.78 is 3.70. The minimum Gasteiger partial charge on any atom is -0.395 e. The van der Waals surface area contributed by atoms with Gasteiger partial charge in [0.1, 0.15) is 6.61 Å². The van der Waals surface area contributed by atoms with Gasteiger partial charge in [0.05, 0.1) is 17.7 Å². The van der Waals surface area contributed by atoms with Crippen molar-refractivity contribution in [3.8, 4) is 0 Å². The van der Waals surface area contributed by atoms with E-state index < -0.39 is 0 Å². The lowest BCUT2D eigenvalue weighted by Gasteiger charge is -2.00. The van der Waals surface area contributed by atoms with Crippen LogP contribution < -0.4 is 9.92 Å². The summed E-state index contributed by atoms with van der Waals surface area (Å²) in [4.78, 5) is 0. The molecule has 8 heteroatoms. The Morgan fingerprint density at radius 3 is 2.43 bits per heavy atom. The van der Waals surface area contributed by atoms with Crippen LogP contribution in [0.15, 0.2) is 69.5 Å². The van der Waals surface area contributed by atoms with Gasteiger partial charge < -0.3 is 14.8 Å². The highest BCUT2D eigenvalue weighted by atomic mass is 16.3. The van der Waals surface area contributed by atoms with Crippen LogP contribution >= 0.6 is 0 Å². The van der Waals surface area contributed by atoms with E-state index in [-0.39, 0.29) is 13.2 Å². The maximum atomic E-state index is 8.82. The van der Waals surface area contributed by atoms with Crippen LogP contribution in [0.5, 0.6) is 0 Å². The molecule has 0 aromatic carbocycles. The second kappa shape index (κ2) is 9.34. The summed E-state index contributed by atoms with van der Waals surface area (Å²) in [5.41, 5.74) is 0.690. The molecule has 0 radical (unpaired) electrons. The number of nitrogens with zero attached hydrogens (tertiary/aromatic N) is 6. The lowest BCUT2D eigenvalue weighted by Crippen LogP contribution is -2.34. The molecule has 2 heterocycles. The van der Waals surface area contributed by atoms with Gasteiger partial charge in [0.15, 0.2) is 25.3 Å². The van der Waals surface area contributed by atoms with Crippen molar-refractivity contribution in [1.29, 1.82) is 0 Å². The fraction of sp³-hybridized carbons (Fsp3) is 0.267. The molecular formula is C15H19N6O2+. The van der Waals surface area contributed by atoms with Gasteiger partial charge in [0.25, 0.3) is 0 Å². The van der Waals surface area contributed by atoms with Crippen molar-refractivity contribution < 1.29 is 14.8 Å². The fourth-order valence-corrected chi connectivity index (χ4v) is 1.77. The average molecular weight is 315 g/mol. The number of azo groups is 1. The molecule has 120 valence electrons. The average Bonchev–Trinajstić information content (AvgIpc) is 2.58. The van der Waals surface area contributed by atoms with Gasteiger partial charge in [-0.05, 0) is 12.1 Å². The Labute approximate surface area is 133 Å². The summed E-state index contributed by atoms with van der Waals surface area (Å²) in [5, 5.41) is 33.9. The Morgan fingerprint density at radius 2 is 1.78 bits per heavy atom. The third kappa shape index (κ3) is 5.89. The summed E-state index contributed by atoms with van der Waals surface area (Å²) in [5.74, 6) is 0. The van der Waals surface area contributed by atoms with Gasteiger partial charge in [-0.25, -0.2) is 4.57 Å². The Morgan fingerprint density at radius 1 is 1.04 bits per heavy atom. The highest BCUT2D eigenvalue weighted by molar-refractivity contribution is 5.54. The molecule has 0 atom stereocenters. The van der Waals surface area contributed by atoms with E-state index in [0.29, 0.717) is 24.1 Å². The Hall–Kier alpha value is -2.71. The van der Waals surface area contributed by atoms with E-state index in [9.17, 15) is 0 Å². The number of hydrogen-bond acceptors (Lipinski definition) is 5. The van der Waals surface area contributed by atoms with Crippen molar-refractivity contribution in [2.45, 2.75) is 13.1 Å². The highest BCUT2D eigenvalue weighted by Crippen LogP contribution is 2.07. The van der Waals surface area contributed by atoms with Gasteiger partial charge in [-0.1, -0.05) is 0 Å². The Kier molecular flexibility index (Phi) is 6.76. The molecule has 0 aliphatic heterocycles. The molecule has 0 aliphatic rings. The van der Waals surface area contributed by atoms with E-state index in [4.69, 9.17) is 10.2 Å². The zero-order chi connectivity index (χ0) is 16.3.